The topological polar surface area (TPSA) is 17.1 Å². The number of unbranched alkanes of at least 4 members (excludes halogenated alkanes) is 3. The molecule has 0 aromatic rings. The maximum atomic E-state index is 11.1. The van der Waals surface area contributed by atoms with Crippen molar-refractivity contribution in [1.82, 2.24) is 0 Å². The molecule has 0 saturated heterocycles. The minimum atomic E-state index is 0.217. The number of alkyl halides is 1. The van der Waals surface area contributed by atoms with Gasteiger partial charge in [0.1, 0.15) is 5.78 Å². The molecule has 78 valence electrons. The van der Waals surface area contributed by atoms with Gasteiger partial charge in [0, 0.05) is 11.8 Å². The number of Topliss-reactive ketones (excluding diaryl/α,β-unsaturated/α-hetero) is 1. The van der Waals surface area contributed by atoms with Crippen molar-refractivity contribution >= 4 is 17.4 Å². The maximum Gasteiger partial charge on any atom is 0.132 e. The summed E-state index contributed by atoms with van der Waals surface area (Å²) in [6, 6.07) is 0. The van der Waals surface area contributed by atoms with E-state index in [4.69, 9.17) is 11.6 Å². The molecular weight excluding hydrogens is 184 g/mol. The van der Waals surface area contributed by atoms with E-state index in [0.29, 0.717) is 11.7 Å². The van der Waals surface area contributed by atoms with Crippen LogP contribution in [-0.2, 0) is 4.79 Å². The normalized spacial score (nSPS) is 12.8. The minimum Gasteiger partial charge on any atom is -0.300 e. The second-order valence-corrected chi connectivity index (χ2v) is 4.01. The molecule has 0 aliphatic heterocycles. The van der Waals surface area contributed by atoms with Gasteiger partial charge in [-0.1, -0.05) is 32.6 Å². The monoisotopic (exact) mass is 204 g/mol. The van der Waals surface area contributed by atoms with Crippen LogP contribution in [-0.4, -0.2) is 11.7 Å². The van der Waals surface area contributed by atoms with Crippen LogP contribution in [0.3, 0.4) is 0 Å². The van der Waals surface area contributed by atoms with Gasteiger partial charge in [0.2, 0.25) is 0 Å². The summed E-state index contributed by atoms with van der Waals surface area (Å²) < 4.78 is 0. The summed E-state index contributed by atoms with van der Waals surface area (Å²) in [5, 5.41) is 0. The van der Waals surface area contributed by atoms with Crippen LogP contribution in [0, 0.1) is 5.92 Å². The summed E-state index contributed by atoms with van der Waals surface area (Å²) in [6.45, 7) is 3.87. The van der Waals surface area contributed by atoms with Crippen molar-refractivity contribution in [2.45, 2.75) is 52.4 Å². The Morgan fingerprint density at radius 2 is 1.92 bits per heavy atom. The molecule has 0 aromatic carbocycles. The van der Waals surface area contributed by atoms with Gasteiger partial charge in [-0.05, 0) is 19.8 Å². The highest BCUT2D eigenvalue weighted by atomic mass is 35.5. The number of hydrogen-bond donors (Lipinski definition) is 0. The van der Waals surface area contributed by atoms with Gasteiger partial charge < -0.3 is 0 Å². The number of ketones is 1. The van der Waals surface area contributed by atoms with Gasteiger partial charge in [-0.2, -0.15) is 0 Å². The molecule has 1 unspecified atom stereocenters. The van der Waals surface area contributed by atoms with E-state index in [1.54, 1.807) is 6.92 Å². The SMILES string of the molecule is CCCCCCC(CCCl)C(C)=O. The predicted octanol–water partition coefficient (Wildman–Crippen LogP) is 3.79. The molecule has 0 aliphatic carbocycles. The van der Waals surface area contributed by atoms with Crippen LogP contribution in [0.15, 0.2) is 0 Å². The van der Waals surface area contributed by atoms with E-state index in [9.17, 15) is 4.79 Å². The lowest BCUT2D eigenvalue weighted by Gasteiger charge is -2.11. The summed E-state index contributed by atoms with van der Waals surface area (Å²) in [6.07, 6.45) is 6.84. The molecule has 0 aliphatic rings. The van der Waals surface area contributed by atoms with Crippen molar-refractivity contribution < 1.29 is 4.79 Å². The lowest BCUT2D eigenvalue weighted by molar-refractivity contribution is -0.121. The second-order valence-electron chi connectivity index (χ2n) is 3.63. The first-order valence-electron chi connectivity index (χ1n) is 5.28. The van der Waals surface area contributed by atoms with Crippen LogP contribution < -0.4 is 0 Å². The van der Waals surface area contributed by atoms with E-state index in [2.05, 4.69) is 6.92 Å². The Bertz CT molecular complexity index is 134. The van der Waals surface area contributed by atoms with Gasteiger partial charge in [-0.25, -0.2) is 0 Å². The Morgan fingerprint density at radius 1 is 1.23 bits per heavy atom. The van der Waals surface area contributed by atoms with E-state index in [-0.39, 0.29) is 5.92 Å². The lowest BCUT2D eigenvalue weighted by Crippen LogP contribution is -2.11. The van der Waals surface area contributed by atoms with Crippen molar-refractivity contribution in [3.05, 3.63) is 0 Å². The molecule has 13 heavy (non-hydrogen) atoms. The zero-order chi connectivity index (χ0) is 10.1. The van der Waals surface area contributed by atoms with Gasteiger partial charge >= 0.3 is 0 Å². The molecule has 1 atom stereocenters. The number of hydrogen-bond acceptors (Lipinski definition) is 1. The smallest absolute Gasteiger partial charge is 0.132 e. The Morgan fingerprint density at radius 3 is 2.38 bits per heavy atom. The van der Waals surface area contributed by atoms with Crippen LogP contribution >= 0.6 is 11.6 Å². The number of carbonyl (C=O) groups excluding carboxylic acids is 1. The highest BCUT2D eigenvalue weighted by Gasteiger charge is 2.12. The van der Waals surface area contributed by atoms with Gasteiger partial charge in [-0.15, -0.1) is 11.6 Å². The molecule has 0 N–H and O–H groups in total. The predicted molar refractivity (Wildman–Crippen MR) is 58.3 cm³/mol. The first-order chi connectivity index (χ1) is 6.22. The molecule has 0 radical (unpaired) electrons. The molecular formula is C11H21ClO. The van der Waals surface area contributed by atoms with Gasteiger partial charge in [-0.3, -0.25) is 4.79 Å². The fraction of sp³-hybridized carbons (Fsp3) is 0.909. The third kappa shape index (κ3) is 7.06. The van der Waals surface area contributed by atoms with Crippen LogP contribution in [0.4, 0.5) is 0 Å². The molecule has 0 aromatic heterocycles. The number of rotatable bonds is 8. The summed E-state index contributed by atoms with van der Waals surface area (Å²) in [5.41, 5.74) is 0. The van der Waals surface area contributed by atoms with Gasteiger partial charge in [0.05, 0.1) is 0 Å². The average molecular weight is 205 g/mol. The summed E-state index contributed by atoms with van der Waals surface area (Å²) in [4.78, 5) is 11.1. The first-order valence-corrected chi connectivity index (χ1v) is 5.82. The highest BCUT2D eigenvalue weighted by molar-refractivity contribution is 6.18. The summed E-state index contributed by atoms with van der Waals surface area (Å²) in [7, 11) is 0. The van der Waals surface area contributed by atoms with Crippen LogP contribution in [0.5, 0.6) is 0 Å². The Labute approximate surface area is 86.9 Å². The van der Waals surface area contributed by atoms with E-state index in [0.717, 1.165) is 12.8 Å². The van der Waals surface area contributed by atoms with Gasteiger partial charge in [0.25, 0.3) is 0 Å². The van der Waals surface area contributed by atoms with Crippen molar-refractivity contribution in [2.24, 2.45) is 5.92 Å². The van der Waals surface area contributed by atoms with Crippen molar-refractivity contribution in [3.63, 3.8) is 0 Å². The van der Waals surface area contributed by atoms with Crippen molar-refractivity contribution in [1.29, 1.82) is 0 Å². The lowest BCUT2D eigenvalue weighted by atomic mass is 9.95. The molecule has 1 nitrogen and oxygen atoms in total. The number of halogens is 1. The molecule has 0 heterocycles. The minimum absolute atomic E-state index is 0.217. The Kier molecular flexibility index (Phi) is 8.53. The Hall–Kier alpha value is -0.0400. The summed E-state index contributed by atoms with van der Waals surface area (Å²) >= 11 is 5.63. The zero-order valence-electron chi connectivity index (χ0n) is 8.81. The maximum absolute atomic E-state index is 11.1. The van der Waals surface area contributed by atoms with E-state index in [1.807, 2.05) is 0 Å². The third-order valence-electron chi connectivity index (χ3n) is 2.44. The largest absolute Gasteiger partial charge is 0.300 e. The fourth-order valence-electron chi connectivity index (χ4n) is 1.50. The molecule has 0 amide bonds. The van der Waals surface area contributed by atoms with Gasteiger partial charge in [0.15, 0.2) is 0 Å². The standard InChI is InChI=1S/C11H21ClO/c1-3-4-5-6-7-11(8-9-12)10(2)13/h11H,3-9H2,1-2H3. The van der Waals surface area contributed by atoms with E-state index < -0.39 is 0 Å². The fourth-order valence-corrected chi connectivity index (χ4v) is 1.76. The second kappa shape index (κ2) is 8.55. The van der Waals surface area contributed by atoms with Crippen molar-refractivity contribution in [3.8, 4) is 0 Å². The molecule has 0 spiro atoms. The molecule has 0 fully saturated rings. The van der Waals surface area contributed by atoms with Crippen LogP contribution in [0.2, 0.25) is 0 Å². The average Bonchev–Trinajstić information content (AvgIpc) is 2.10. The van der Waals surface area contributed by atoms with Crippen LogP contribution in [0.25, 0.3) is 0 Å². The van der Waals surface area contributed by atoms with E-state index in [1.165, 1.54) is 25.7 Å². The van der Waals surface area contributed by atoms with E-state index >= 15 is 0 Å². The third-order valence-corrected chi connectivity index (χ3v) is 2.66. The van der Waals surface area contributed by atoms with Crippen molar-refractivity contribution in [2.75, 3.05) is 5.88 Å². The number of carbonyl (C=O) groups is 1. The quantitative estimate of drug-likeness (QED) is 0.434. The molecule has 0 rings (SSSR count). The Balaban J connectivity index is 3.51. The summed E-state index contributed by atoms with van der Waals surface area (Å²) in [5.74, 6) is 1.13. The molecule has 2 heteroatoms. The molecule has 0 bridgehead atoms. The zero-order valence-corrected chi connectivity index (χ0v) is 9.57. The molecule has 0 saturated carbocycles. The first kappa shape index (κ1) is 13.0. The highest BCUT2D eigenvalue weighted by Crippen LogP contribution is 2.16. The van der Waals surface area contributed by atoms with Crippen LogP contribution in [0.1, 0.15) is 52.4 Å².